The van der Waals surface area contributed by atoms with Crippen molar-refractivity contribution in [3.8, 4) is 0 Å². The third-order valence-corrected chi connectivity index (χ3v) is 1.55. The van der Waals surface area contributed by atoms with E-state index in [-0.39, 0.29) is 5.92 Å². The Morgan fingerprint density at radius 1 is 1.45 bits per heavy atom. The highest BCUT2D eigenvalue weighted by Gasteiger charge is 2.24. The Morgan fingerprint density at radius 3 is 2.00 bits per heavy atom. The second kappa shape index (κ2) is 4.26. The van der Waals surface area contributed by atoms with Crippen LogP contribution >= 0.6 is 0 Å². The highest BCUT2D eigenvalue weighted by atomic mass is 19.3. The van der Waals surface area contributed by atoms with E-state index >= 15 is 0 Å². The van der Waals surface area contributed by atoms with Crippen LogP contribution in [0.4, 0.5) is 8.78 Å². The maximum atomic E-state index is 11.7. The van der Waals surface area contributed by atoms with E-state index in [1.807, 2.05) is 0 Å². The number of hydrogen-bond acceptors (Lipinski definition) is 1. The van der Waals surface area contributed by atoms with Crippen molar-refractivity contribution < 1.29 is 18.7 Å². The van der Waals surface area contributed by atoms with Crippen LogP contribution in [0.15, 0.2) is 0 Å². The Labute approximate surface area is 64.2 Å². The molecule has 0 radical (unpaired) electrons. The molecule has 1 N–H and O–H groups in total. The standard InChI is InChI=1S/C7H12F2O2/c1-4(2)5(7(10)11)3-6(8)9/h4-6H,3H2,1-2H3,(H,10,11). The van der Waals surface area contributed by atoms with Crippen molar-refractivity contribution >= 4 is 5.97 Å². The van der Waals surface area contributed by atoms with Gasteiger partial charge in [-0.3, -0.25) is 4.79 Å². The number of carbonyl (C=O) groups is 1. The Bertz CT molecular complexity index is 134. The zero-order valence-corrected chi connectivity index (χ0v) is 6.55. The molecule has 0 amide bonds. The second-order valence-corrected chi connectivity index (χ2v) is 2.82. The number of hydrogen-bond donors (Lipinski definition) is 1. The molecule has 0 bridgehead atoms. The van der Waals surface area contributed by atoms with Gasteiger partial charge in [-0.1, -0.05) is 13.8 Å². The fourth-order valence-electron chi connectivity index (χ4n) is 0.850. The van der Waals surface area contributed by atoms with Crippen molar-refractivity contribution in [2.24, 2.45) is 11.8 Å². The van der Waals surface area contributed by atoms with Crippen LogP contribution in [0.25, 0.3) is 0 Å². The molecule has 0 aromatic carbocycles. The second-order valence-electron chi connectivity index (χ2n) is 2.82. The lowest BCUT2D eigenvalue weighted by atomic mass is 9.93. The molecule has 66 valence electrons. The first-order valence-corrected chi connectivity index (χ1v) is 3.46. The van der Waals surface area contributed by atoms with Crippen molar-refractivity contribution in [1.82, 2.24) is 0 Å². The van der Waals surface area contributed by atoms with E-state index < -0.39 is 24.7 Å². The molecule has 0 saturated carbocycles. The monoisotopic (exact) mass is 166 g/mol. The molecule has 11 heavy (non-hydrogen) atoms. The molecule has 0 heterocycles. The SMILES string of the molecule is CC(C)C(CC(F)F)C(=O)O. The van der Waals surface area contributed by atoms with Gasteiger partial charge in [0.1, 0.15) is 0 Å². The van der Waals surface area contributed by atoms with Crippen LogP contribution in [0, 0.1) is 11.8 Å². The molecule has 0 saturated heterocycles. The minimum Gasteiger partial charge on any atom is -0.481 e. The molecular formula is C7H12F2O2. The van der Waals surface area contributed by atoms with Crippen molar-refractivity contribution in [1.29, 1.82) is 0 Å². The lowest BCUT2D eigenvalue weighted by Gasteiger charge is -2.14. The van der Waals surface area contributed by atoms with E-state index in [4.69, 9.17) is 5.11 Å². The van der Waals surface area contributed by atoms with Gasteiger partial charge >= 0.3 is 5.97 Å². The van der Waals surface area contributed by atoms with Gasteiger partial charge in [0.15, 0.2) is 0 Å². The van der Waals surface area contributed by atoms with Gasteiger partial charge in [-0.15, -0.1) is 0 Å². The summed E-state index contributed by atoms with van der Waals surface area (Å²) in [4.78, 5) is 10.3. The van der Waals surface area contributed by atoms with Crippen LogP contribution in [0.2, 0.25) is 0 Å². The number of halogens is 2. The molecule has 1 atom stereocenters. The summed E-state index contributed by atoms with van der Waals surface area (Å²) < 4.78 is 23.5. The largest absolute Gasteiger partial charge is 0.481 e. The third-order valence-electron chi connectivity index (χ3n) is 1.55. The van der Waals surface area contributed by atoms with Gasteiger partial charge in [-0.2, -0.15) is 0 Å². The average molecular weight is 166 g/mol. The molecule has 0 aliphatic rings. The molecule has 0 aliphatic heterocycles. The molecule has 0 spiro atoms. The normalized spacial score (nSPS) is 14.0. The van der Waals surface area contributed by atoms with Crippen LogP contribution in [0.3, 0.4) is 0 Å². The van der Waals surface area contributed by atoms with Gasteiger partial charge in [0.05, 0.1) is 5.92 Å². The Morgan fingerprint density at radius 2 is 1.91 bits per heavy atom. The summed E-state index contributed by atoms with van der Waals surface area (Å²) >= 11 is 0. The summed E-state index contributed by atoms with van der Waals surface area (Å²) in [6.45, 7) is 3.25. The Balaban J connectivity index is 4.01. The Kier molecular flexibility index (Phi) is 4.00. The predicted molar refractivity (Wildman–Crippen MR) is 36.6 cm³/mol. The summed E-state index contributed by atoms with van der Waals surface area (Å²) in [6, 6.07) is 0. The summed E-state index contributed by atoms with van der Waals surface area (Å²) in [5, 5.41) is 8.46. The zero-order chi connectivity index (χ0) is 9.02. The number of rotatable bonds is 4. The van der Waals surface area contributed by atoms with Crippen LogP contribution in [0.1, 0.15) is 20.3 Å². The van der Waals surface area contributed by atoms with Crippen LogP contribution in [-0.4, -0.2) is 17.5 Å². The molecule has 2 nitrogen and oxygen atoms in total. The summed E-state index contributed by atoms with van der Waals surface area (Å²) in [5.41, 5.74) is 0. The van der Waals surface area contributed by atoms with Crippen LogP contribution in [0.5, 0.6) is 0 Å². The van der Waals surface area contributed by atoms with Crippen molar-refractivity contribution in [2.75, 3.05) is 0 Å². The van der Waals surface area contributed by atoms with Gasteiger partial charge in [-0.05, 0) is 5.92 Å². The number of aliphatic carboxylic acids is 1. The predicted octanol–water partition coefficient (Wildman–Crippen LogP) is 2.00. The highest BCUT2D eigenvalue weighted by Crippen LogP contribution is 2.19. The molecule has 0 fully saturated rings. The first-order valence-electron chi connectivity index (χ1n) is 3.46. The molecule has 0 aromatic rings. The fraction of sp³-hybridized carbons (Fsp3) is 0.857. The molecule has 4 heteroatoms. The van der Waals surface area contributed by atoms with Gasteiger partial charge in [0.25, 0.3) is 0 Å². The quantitative estimate of drug-likeness (QED) is 0.693. The maximum Gasteiger partial charge on any atom is 0.306 e. The third kappa shape index (κ3) is 3.91. The number of carboxylic acids is 1. The van der Waals surface area contributed by atoms with Gasteiger partial charge in [-0.25, -0.2) is 8.78 Å². The van der Waals surface area contributed by atoms with Crippen LogP contribution < -0.4 is 0 Å². The minimum atomic E-state index is -2.53. The van der Waals surface area contributed by atoms with E-state index in [0.29, 0.717) is 0 Å². The number of alkyl halides is 2. The van der Waals surface area contributed by atoms with E-state index in [1.54, 1.807) is 13.8 Å². The molecule has 0 aliphatic carbocycles. The first kappa shape index (κ1) is 10.3. The molecule has 0 aromatic heterocycles. The van der Waals surface area contributed by atoms with Gasteiger partial charge < -0.3 is 5.11 Å². The lowest BCUT2D eigenvalue weighted by molar-refractivity contribution is -0.144. The molecular weight excluding hydrogens is 154 g/mol. The fourth-order valence-corrected chi connectivity index (χ4v) is 0.850. The topological polar surface area (TPSA) is 37.3 Å². The highest BCUT2D eigenvalue weighted by molar-refractivity contribution is 5.70. The van der Waals surface area contributed by atoms with E-state index in [2.05, 4.69) is 0 Å². The summed E-state index contributed by atoms with van der Waals surface area (Å²) in [6.07, 6.45) is -3.08. The van der Waals surface area contributed by atoms with Gasteiger partial charge in [0.2, 0.25) is 6.43 Å². The van der Waals surface area contributed by atoms with Crippen molar-refractivity contribution in [2.45, 2.75) is 26.7 Å². The van der Waals surface area contributed by atoms with Crippen molar-refractivity contribution in [3.63, 3.8) is 0 Å². The average Bonchev–Trinajstić information content (AvgIpc) is 1.81. The lowest BCUT2D eigenvalue weighted by Crippen LogP contribution is -2.22. The summed E-state index contributed by atoms with van der Waals surface area (Å²) in [5.74, 6) is -2.29. The Hall–Kier alpha value is -0.670. The minimum absolute atomic E-state index is 0.235. The molecule has 0 rings (SSSR count). The van der Waals surface area contributed by atoms with E-state index in [0.717, 1.165) is 0 Å². The number of carboxylic acid groups (broad SMARTS) is 1. The van der Waals surface area contributed by atoms with Gasteiger partial charge in [0, 0.05) is 6.42 Å². The van der Waals surface area contributed by atoms with Crippen molar-refractivity contribution in [3.05, 3.63) is 0 Å². The smallest absolute Gasteiger partial charge is 0.306 e. The first-order chi connectivity index (χ1) is 4.95. The zero-order valence-electron chi connectivity index (χ0n) is 6.55. The van der Waals surface area contributed by atoms with Crippen LogP contribution in [-0.2, 0) is 4.79 Å². The van der Waals surface area contributed by atoms with E-state index in [1.165, 1.54) is 0 Å². The maximum absolute atomic E-state index is 11.7. The van der Waals surface area contributed by atoms with E-state index in [9.17, 15) is 13.6 Å². The summed E-state index contributed by atoms with van der Waals surface area (Å²) in [7, 11) is 0. The molecule has 1 unspecified atom stereocenters.